The number of piperidine rings is 1. The predicted molar refractivity (Wildman–Crippen MR) is 93.9 cm³/mol. The first kappa shape index (κ1) is 18.3. The van der Waals surface area contributed by atoms with Gasteiger partial charge in [0.25, 0.3) is 0 Å². The summed E-state index contributed by atoms with van der Waals surface area (Å²) < 4.78 is 5.20. The summed E-state index contributed by atoms with van der Waals surface area (Å²) in [4.78, 5) is 26.9. The van der Waals surface area contributed by atoms with Crippen LogP contribution in [0.4, 0.5) is 0 Å². The van der Waals surface area contributed by atoms with Crippen LogP contribution in [0.25, 0.3) is 0 Å². The third-order valence-corrected chi connectivity index (χ3v) is 4.58. The SMILES string of the molecule is COc1cccc(CCNC(=O)C(C)(C)C(=O)N2CCCCC2)c1. The van der Waals surface area contributed by atoms with E-state index in [0.717, 1.165) is 43.7 Å². The van der Waals surface area contributed by atoms with Crippen molar-refractivity contribution in [3.8, 4) is 5.75 Å². The smallest absolute Gasteiger partial charge is 0.237 e. The number of rotatable bonds is 6. The molecule has 24 heavy (non-hydrogen) atoms. The molecule has 1 aromatic carbocycles. The minimum atomic E-state index is -1.02. The highest BCUT2D eigenvalue weighted by Crippen LogP contribution is 2.22. The third-order valence-electron chi connectivity index (χ3n) is 4.58. The van der Waals surface area contributed by atoms with Gasteiger partial charge in [0.05, 0.1) is 7.11 Å². The summed E-state index contributed by atoms with van der Waals surface area (Å²) in [7, 11) is 1.63. The summed E-state index contributed by atoms with van der Waals surface area (Å²) in [6.45, 7) is 5.46. The molecule has 5 nitrogen and oxygen atoms in total. The molecule has 1 saturated heterocycles. The second-order valence-corrected chi connectivity index (χ2v) is 6.84. The molecule has 0 bridgehead atoms. The highest BCUT2D eigenvalue weighted by molar-refractivity contribution is 6.04. The molecular formula is C19H28N2O3. The number of nitrogens with zero attached hydrogens (tertiary/aromatic N) is 1. The van der Waals surface area contributed by atoms with E-state index in [-0.39, 0.29) is 11.8 Å². The fourth-order valence-corrected chi connectivity index (χ4v) is 2.96. The molecule has 0 saturated carbocycles. The maximum Gasteiger partial charge on any atom is 0.237 e. The van der Waals surface area contributed by atoms with Crippen molar-refractivity contribution in [2.24, 2.45) is 5.41 Å². The van der Waals surface area contributed by atoms with E-state index >= 15 is 0 Å². The Hall–Kier alpha value is -2.04. The summed E-state index contributed by atoms with van der Waals surface area (Å²) in [6, 6.07) is 7.77. The number of amides is 2. The van der Waals surface area contributed by atoms with Gasteiger partial charge in [-0.2, -0.15) is 0 Å². The molecule has 5 heteroatoms. The Labute approximate surface area is 144 Å². The van der Waals surface area contributed by atoms with Crippen molar-refractivity contribution in [3.05, 3.63) is 29.8 Å². The van der Waals surface area contributed by atoms with Crippen molar-refractivity contribution in [2.75, 3.05) is 26.7 Å². The van der Waals surface area contributed by atoms with Gasteiger partial charge in [0.15, 0.2) is 0 Å². The first-order valence-electron chi connectivity index (χ1n) is 8.66. The van der Waals surface area contributed by atoms with Gasteiger partial charge in [0, 0.05) is 19.6 Å². The van der Waals surface area contributed by atoms with Crippen LogP contribution < -0.4 is 10.1 Å². The molecule has 0 unspecified atom stereocenters. The number of carbonyl (C=O) groups excluding carboxylic acids is 2. The number of hydrogen-bond acceptors (Lipinski definition) is 3. The second-order valence-electron chi connectivity index (χ2n) is 6.84. The van der Waals surface area contributed by atoms with Gasteiger partial charge in [0.1, 0.15) is 11.2 Å². The molecule has 1 heterocycles. The standard InChI is InChI=1S/C19H28N2O3/c1-19(2,18(23)21-12-5-4-6-13-21)17(22)20-11-10-15-8-7-9-16(14-15)24-3/h7-9,14H,4-6,10-13H2,1-3H3,(H,20,22). The van der Waals surface area contributed by atoms with E-state index < -0.39 is 5.41 Å². The molecule has 1 N–H and O–H groups in total. The van der Waals surface area contributed by atoms with E-state index in [1.807, 2.05) is 29.2 Å². The van der Waals surface area contributed by atoms with Crippen LogP contribution in [0.5, 0.6) is 5.75 Å². The summed E-state index contributed by atoms with van der Waals surface area (Å²) in [5.74, 6) is 0.529. The largest absolute Gasteiger partial charge is 0.497 e. The van der Waals surface area contributed by atoms with E-state index in [1.54, 1.807) is 21.0 Å². The first-order valence-corrected chi connectivity index (χ1v) is 8.66. The number of carbonyl (C=O) groups is 2. The zero-order valence-electron chi connectivity index (χ0n) is 14.9. The Morgan fingerprint density at radius 2 is 1.92 bits per heavy atom. The number of nitrogens with one attached hydrogen (secondary N) is 1. The Morgan fingerprint density at radius 1 is 1.21 bits per heavy atom. The van der Waals surface area contributed by atoms with Crippen LogP contribution in [0.15, 0.2) is 24.3 Å². The van der Waals surface area contributed by atoms with Crippen molar-refractivity contribution < 1.29 is 14.3 Å². The summed E-state index contributed by atoms with van der Waals surface area (Å²) in [6.07, 6.45) is 3.92. The predicted octanol–water partition coefficient (Wildman–Crippen LogP) is 2.39. The second kappa shape index (κ2) is 8.18. The number of methoxy groups -OCH3 is 1. The highest BCUT2D eigenvalue weighted by atomic mass is 16.5. The van der Waals surface area contributed by atoms with Crippen LogP contribution >= 0.6 is 0 Å². The summed E-state index contributed by atoms with van der Waals surface area (Å²) in [5.41, 5.74) is 0.0703. The normalized spacial score (nSPS) is 15.0. The molecule has 132 valence electrons. The fourth-order valence-electron chi connectivity index (χ4n) is 2.96. The van der Waals surface area contributed by atoms with Gasteiger partial charge in [-0.05, 0) is 57.2 Å². The zero-order valence-corrected chi connectivity index (χ0v) is 14.9. The lowest BCUT2D eigenvalue weighted by Crippen LogP contribution is -2.51. The van der Waals surface area contributed by atoms with Crippen LogP contribution in [0.1, 0.15) is 38.7 Å². The maximum absolute atomic E-state index is 12.6. The van der Waals surface area contributed by atoms with Crippen molar-refractivity contribution >= 4 is 11.8 Å². The molecule has 0 spiro atoms. The van der Waals surface area contributed by atoms with E-state index in [2.05, 4.69) is 5.32 Å². The molecule has 1 aliphatic rings. The van der Waals surface area contributed by atoms with E-state index in [9.17, 15) is 9.59 Å². The van der Waals surface area contributed by atoms with Gasteiger partial charge >= 0.3 is 0 Å². The van der Waals surface area contributed by atoms with Crippen LogP contribution in [-0.4, -0.2) is 43.5 Å². The van der Waals surface area contributed by atoms with E-state index in [4.69, 9.17) is 4.74 Å². The average Bonchev–Trinajstić information content (AvgIpc) is 2.61. The van der Waals surface area contributed by atoms with Gasteiger partial charge in [0.2, 0.25) is 11.8 Å². The van der Waals surface area contributed by atoms with Crippen molar-refractivity contribution in [2.45, 2.75) is 39.5 Å². The maximum atomic E-state index is 12.6. The van der Waals surface area contributed by atoms with Gasteiger partial charge in [-0.3, -0.25) is 9.59 Å². The van der Waals surface area contributed by atoms with Crippen molar-refractivity contribution in [1.82, 2.24) is 10.2 Å². The van der Waals surface area contributed by atoms with Gasteiger partial charge in [-0.25, -0.2) is 0 Å². The quantitative estimate of drug-likeness (QED) is 0.814. The van der Waals surface area contributed by atoms with Crippen LogP contribution in [-0.2, 0) is 16.0 Å². The molecule has 0 aliphatic carbocycles. The van der Waals surface area contributed by atoms with Crippen LogP contribution in [0.2, 0.25) is 0 Å². The lowest BCUT2D eigenvalue weighted by molar-refractivity contribution is -0.149. The number of hydrogen-bond donors (Lipinski definition) is 1. The van der Waals surface area contributed by atoms with Crippen molar-refractivity contribution in [3.63, 3.8) is 0 Å². The molecular weight excluding hydrogens is 304 g/mol. The Morgan fingerprint density at radius 3 is 2.58 bits per heavy atom. The summed E-state index contributed by atoms with van der Waals surface area (Å²) >= 11 is 0. The molecule has 2 amide bonds. The third kappa shape index (κ3) is 4.49. The monoisotopic (exact) mass is 332 g/mol. The lowest BCUT2D eigenvalue weighted by Gasteiger charge is -2.33. The summed E-state index contributed by atoms with van der Waals surface area (Å²) in [5, 5.41) is 2.90. The van der Waals surface area contributed by atoms with E-state index in [1.165, 1.54) is 0 Å². The lowest BCUT2D eigenvalue weighted by atomic mass is 9.89. The molecule has 1 aliphatic heterocycles. The number of ether oxygens (including phenoxy) is 1. The molecule has 1 aromatic rings. The fraction of sp³-hybridized carbons (Fsp3) is 0.579. The topological polar surface area (TPSA) is 58.6 Å². The first-order chi connectivity index (χ1) is 11.4. The molecule has 0 radical (unpaired) electrons. The number of benzene rings is 1. The molecule has 2 rings (SSSR count). The molecule has 0 atom stereocenters. The van der Waals surface area contributed by atoms with Gasteiger partial charge in [-0.1, -0.05) is 12.1 Å². The van der Waals surface area contributed by atoms with Crippen LogP contribution in [0.3, 0.4) is 0 Å². The minimum absolute atomic E-state index is 0.0684. The Bertz CT molecular complexity index is 578. The van der Waals surface area contributed by atoms with E-state index in [0.29, 0.717) is 13.0 Å². The van der Waals surface area contributed by atoms with Crippen LogP contribution in [0, 0.1) is 5.41 Å². The minimum Gasteiger partial charge on any atom is -0.497 e. The van der Waals surface area contributed by atoms with Gasteiger partial charge < -0.3 is 15.0 Å². The average molecular weight is 332 g/mol. The molecule has 1 fully saturated rings. The Balaban J connectivity index is 1.86. The highest BCUT2D eigenvalue weighted by Gasteiger charge is 2.39. The van der Waals surface area contributed by atoms with Crippen molar-refractivity contribution in [1.29, 1.82) is 0 Å². The van der Waals surface area contributed by atoms with Gasteiger partial charge in [-0.15, -0.1) is 0 Å². The number of likely N-dealkylation sites (tertiary alicyclic amines) is 1. The Kier molecular flexibility index (Phi) is 6.23. The molecule has 0 aromatic heterocycles. The zero-order chi connectivity index (χ0) is 17.6.